The van der Waals surface area contributed by atoms with Crippen LogP contribution in [-0.2, 0) is 4.74 Å². The van der Waals surface area contributed by atoms with Crippen molar-refractivity contribution in [3.8, 4) is 0 Å². The van der Waals surface area contributed by atoms with Crippen molar-refractivity contribution >= 4 is 0 Å². The van der Waals surface area contributed by atoms with Crippen LogP contribution in [-0.4, -0.2) is 25.1 Å². The van der Waals surface area contributed by atoms with Gasteiger partial charge in [0.15, 0.2) is 0 Å². The third-order valence-corrected chi connectivity index (χ3v) is 2.78. The SMILES string of the molecule is COC(CC(F)(F)C(F)(F)C(F)(F)F)c1ccc(F)cc1. The van der Waals surface area contributed by atoms with Crippen LogP contribution in [0.3, 0.4) is 0 Å². The van der Waals surface area contributed by atoms with Crippen molar-refractivity contribution in [1.29, 1.82) is 0 Å². The van der Waals surface area contributed by atoms with Gasteiger partial charge in [-0.15, -0.1) is 0 Å². The Balaban J connectivity index is 3.02. The van der Waals surface area contributed by atoms with Crippen LogP contribution < -0.4 is 0 Å². The second-order valence-electron chi connectivity index (χ2n) is 4.26. The maximum atomic E-state index is 13.3. The minimum atomic E-state index is -6.39. The number of hydrogen-bond acceptors (Lipinski definition) is 1. The Morgan fingerprint density at radius 2 is 1.43 bits per heavy atom. The van der Waals surface area contributed by atoms with E-state index in [4.69, 9.17) is 0 Å². The summed E-state index contributed by atoms with van der Waals surface area (Å²) in [6, 6.07) is 3.62. The summed E-state index contributed by atoms with van der Waals surface area (Å²) < 4.78 is 105. The Hall–Kier alpha value is -1.38. The van der Waals surface area contributed by atoms with Gasteiger partial charge in [0.05, 0.1) is 6.10 Å². The van der Waals surface area contributed by atoms with Crippen molar-refractivity contribution in [3.63, 3.8) is 0 Å². The van der Waals surface area contributed by atoms with Gasteiger partial charge < -0.3 is 4.74 Å². The van der Waals surface area contributed by atoms with Crippen LogP contribution in [0.25, 0.3) is 0 Å². The van der Waals surface area contributed by atoms with Gasteiger partial charge >= 0.3 is 18.0 Å². The fourth-order valence-electron chi connectivity index (χ4n) is 1.58. The smallest absolute Gasteiger partial charge is 0.377 e. The Bertz CT molecular complexity index is 465. The molecular formula is C12H10F8O. The highest BCUT2D eigenvalue weighted by atomic mass is 19.4. The van der Waals surface area contributed by atoms with Crippen LogP contribution in [0.2, 0.25) is 0 Å². The minimum Gasteiger partial charge on any atom is -0.377 e. The highest BCUT2D eigenvalue weighted by Crippen LogP contribution is 2.50. The van der Waals surface area contributed by atoms with Gasteiger partial charge in [-0.3, -0.25) is 0 Å². The molecule has 0 spiro atoms. The zero-order valence-electron chi connectivity index (χ0n) is 10.5. The van der Waals surface area contributed by atoms with Gasteiger partial charge in [0.1, 0.15) is 5.82 Å². The van der Waals surface area contributed by atoms with Crippen molar-refractivity contribution in [2.45, 2.75) is 30.5 Å². The number of halogens is 8. The molecule has 0 amide bonds. The highest BCUT2D eigenvalue weighted by Gasteiger charge is 2.73. The normalized spacial score (nSPS) is 15.1. The molecule has 1 aromatic rings. The van der Waals surface area contributed by atoms with Gasteiger partial charge in [-0.05, 0) is 17.7 Å². The molecule has 1 unspecified atom stereocenters. The molecule has 0 heterocycles. The summed E-state index contributed by atoms with van der Waals surface area (Å²) in [5.74, 6) is -12.3. The Kier molecular flexibility index (Phi) is 4.87. The molecule has 0 fully saturated rings. The third-order valence-electron chi connectivity index (χ3n) is 2.78. The molecule has 120 valence electrons. The van der Waals surface area contributed by atoms with Crippen LogP contribution in [0.5, 0.6) is 0 Å². The molecule has 1 atom stereocenters. The van der Waals surface area contributed by atoms with E-state index in [1.807, 2.05) is 0 Å². The molecule has 0 bridgehead atoms. The first-order valence-electron chi connectivity index (χ1n) is 5.53. The Morgan fingerprint density at radius 3 is 1.81 bits per heavy atom. The standard InChI is InChI=1S/C12H10F8O/c1-21-9(7-2-4-8(13)5-3-7)6-10(14,15)11(16,17)12(18,19)20/h2-5,9H,6H2,1H3. The zero-order valence-corrected chi connectivity index (χ0v) is 10.5. The molecule has 1 nitrogen and oxygen atoms in total. The van der Waals surface area contributed by atoms with Crippen LogP contribution in [0.1, 0.15) is 18.1 Å². The first-order chi connectivity index (χ1) is 9.42. The molecule has 21 heavy (non-hydrogen) atoms. The first-order valence-corrected chi connectivity index (χ1v) is 5.53. The predicted octanol–water partition coefficient (Wildman–Crippen LogP) is 4.74. The summed E-state index contributed by atoms with van der Waals surface area (Å²) in [6.45, 7) is 0. The van der Waals surface area contributed by atoms with Gasteiger partial charge in [-0.2, -0.15) is 30.7 Å². The van der Waals surface area contributed by atoms with Crippen LogP contribution in [0, 0.1) is 5.82 Å². The van der Waals surface area contributed by atoms with E-state index < -0.39 is 36.4 Å². The van der Waals surface area contributed by atoms with Crippen molar-refractivity contribution in [3.05, 3.63) is 35.6 Å². The topological polar surface area (TPSA) is 9.23 Å². The largest absolute Gasteiger partial charge is 0.459 e. The molecule has 9 heteroatoms. The quantitative estimate of drug-likeness (QED) is 0.712. The van der Waals surface area contributed by atoms with E-state index in [-0.39, 0.29) is 5.56 Å². The number of hydrogen-bond donors (Lipinski definition) is 0. The summed E-state index contributed by atoms with van der Waals surface area (Å²) in [6.07, 6.45) is -10.0. The maximum absolute atomic E-state index is 13.3. The zero-order chi connectivity index (χ0) is 16.5. The van der Waals surface area contributed by atoms with Gasteiger partial charge in [0.2, 0.25) is 0 Å². The van der Waals surface area contributed by atoms with E-state index in [2.05, 4.69) is 4.74 Å². The molecule has 0 aliphatic carbocycles. The Morgan fingerprint density at radius 1 is 0.952 bits per heavy atom. The van der Waals surface area contributed by atoms with Gasteiger partial charge in [0, 0.05) is 13.5 Å². The molecule has 0 saturated carbocycles. The molecule has 0 aromatic heterocycles. The number of methoxy groups -OCH3 is 1. The lowest BCUT2D eigenvalue weighted by Crippen LogP contribution is -2.52. The number of ether oxygens (including phenoxy) is 1. The molecule has 1 aromatic carbocycles. The number of rotatable bonds is 5. The second kappa shape index (κ2) is 5.78. The molecule has 0 aliphatic rings. The average Bonchev–Trinajstić information content (AvgIpc) is 2.35. The molecule has 0 saturated heterocycles. The molecule has 0 radical (unpaired) electrons. The van der Waals surface area contributed by atoms with E-state index in [0.717, 1.165) is 31.4 Å². The monoisotopic (exact) mass is 322 g/mol. The lowest BCUT2D eigenvalue weighted by atomic mass is 9.98. The second-order valence-corrected chi connectivity index (χ2v) is 4.26. The fourth-order valence-corrected chi connectivity index (χ4v) is 1.58. The summed E-state index contributed by atoms with van der Waals surface area (Å²) in [7, 11) is 0.871. The fraction of sp³-hybridized carbons (Fsp3) is 0.500. The van der Waals surface area contributed by atoms with Crippen LogP contribution >= 0.6 is 0 Å². The summed E-state index contributed by atoms with van der Waals surface area (Å²) in [5, 5.41) is 0. The van der Waals surface area contributed by atoms with Crippen LogP contribution in [0.15, 0.2) is 24.3 Å². The highest BCUT2D eigenvalue weighted by molar-refractivity contribution is 5.19. The molecule has 1 rings (SSSR count). The lowest BCUT2D eigenvalue weighted by Gasteiger charge is -2.30. The lowest BCUT2D eigenvalue weighted by molar-refractivity contribution is -0.358. The van der Waals surface area contributed by atoms with E-state index in [0.29, 0.717) is 0 Å². The average molecular weight is 322 g/mol. The molecule has 0 aliphatic heterocycles. The molecule has 0 N–H and O–H groups in total. The predicted molar refractivity (Wildman–Crippen MR) is 56.7 cm³/mol. The number of benzene rings is 1. The van der Waals surface area contributed by atoms with E-state index in [1.54, 1.807) is 0 Å². The van der Waals surface area contributed by atoms with Gasteiger partial charge in [-0.1, -0.05) is 12.1 Å². The minimum absolute atomic E-state index is 0.142. The summed E-state index contributed by atoms with van der Waals surface area (Å²) in [4.78, 5) is 0. The van der Waals surface area contributed by atoms with Gasteiger partial charge in [-0.25, -0.2) is 4.39 Å². The maximum Gasteiger partial charge on any atom is 0.459 e. The molecular weight excluding hydrogens is 312 g/mol. The first kappa shape index (κ1) is 17.7. The van der Waals surface area contributed by atoms with Crippen molar-refractivity contribution in [2.75, 3.05) is 7.11 Å². The Labute approximate surface area is 114 Å². The van der Waals surface area contributed by atoms with Crippen molar-refractivity contribution in [1.82, 2.24) is 0 Å². The van der Waals surface area contributed by atoms with Gasteiger partial charge in [0.25, 0.3) is 0 Å². The number of alkyl halides is 7. The van der Waals surface area contributed by atoms with Crippen LogP contribution in [0.4, 0.5) is 35.1 Å². The van der Waals surface area contributed by atoms with Crippen molar-refractivity contribution < 1.29 is 39.9 Å². The summed E-state index contributed by atoms with van der Waals surface area (Å²) in [5.41, 5.74) is -0.142. The summed E-state index contributed by atoms with van der Waals surface area (Å²) >= 11 is 0. The van der Waals surface area contributed by atoms with E-state index in [9.17, 15) is 35.1 Å². The van der Waals surface area contributed by atoms with E-state index >= 15 is 0 Å². The van der Waals surface area contributed by atoms with Crippen molar-refractivity contribution in [2.24, 2.45) is 0 Å². The third kappa shape index (κ3) is 3.63. The van der Waals surface area contributed by atoms with E-state index in [1.165, 1.54) is 0 Å².